The molecule has 0 radical (unpaired) electrons. The molecule has 1 unspecified atom stereocenters. The van der Waals surface area contributed by atoms with Crippen LogP contribution in [0.1, 0.15) is 50.5 Å². The van der Waals surface area contributed by atoms with Gasteiger partial charge in [0, 0.05) is 36.3 Å². The van der Waals surface area contributed by atoms with Gasteiger partial charge in [0.2, 0.25) is 0 Å². The average molecular weight is 385 g/mol. The molecule has 4 heterocycles. The maximum absolute atomic E-state index is 12.5. The number of nitrogens with one attached hydrogen (secondary N) is 1. The third-order valence-corrected chi connectivity index (χ3v) is 6.09. The van der Waals surface area contributed by atoms with E-state index < -0.39 is 0 Å². The van der Waals surface area contributed by atoms with Gasteiger partial charge in [-0.25, -0.2) is 0 Å². The molecule has 6 nitrogen and oxygen atoms in total. The smallest absolute Gasteiger partial charge is 0.261 e. The molecule has 1 aliphatic heterocycles. The zero-order valence-electron chi connectivity index (χ0n) is 15.6. The lowest BCUT2D eigenvalue weighted by molar-refractivity contribution is 0.0952. The van der Waals surface area contributed by atoms with Gasteiger partial charge in [0.25, 0.3) is 5.91 Å². The fourth-order valence-corrected chi connectivity index (χ4v) is 4.71. The van der Waals surface area contributed by atoms with Gasteiger partial charge in [-0.2, -0.15) is 5.10 Å². The van der Waals surface area contributed by atoms with Crippen molar-refractivity contribution in [2.24, 2.45) is 7.05 Å². The molecule has 142 valence electrons. The van der Waals surface area contributed by atoms with Crippen LogP contribution in [0.15, 0.2) is 41.1 Å². The number of amides is 1. The Morgan fingerprint density at radius 1 is 1.37 bits per heavy atom. The summed E-state index contributed by atoms with van der Waals surface area (Å²) >= 11 is 1.59. The molecule has 0 aromatic carbocycles. The van der Waals surface area contributed by atoms with Gasteiger partial charge < -0.3 is 9.73 Å². The van der Waals surface area contributed by atoms with Crippen LogP contribution in [0.3, 0.4) is 0 Å². The van der Waals surface area contributed by atoms with Gasteiger partial charge in [0.15, 0.2) is 0 Å². The lowest BCUT2D eigenvalue weighted by atomic mass is 10.2. The van der Waals surface area contributed by atoms with E-state index in [4.69, 9.17) is 4.42 Å². The first-order chi connectivity index (χ1) is 13.1. The van der Waals surface area contributed by atoms with E-state index in [0.717, 1.165) is 35.9 Å². The lowest BCUT2D eigenvalue weighted by Crippen LogP contribution is -2.22. The minimum absolute atomic E-state index is 0.0443. The summed E-state index contributed by atoms with van der Waals surface area (Å²) in [7, 11) is 1.94. The van der Waals surface area contributed by atoms with Crippen LogP contribution in [0.2, 0.25) is 0 Å². The number of hydrogen-bond acceptors (Lipinski definition) is 5. The van der Waals surface area contributed by atoms with Crippen molar-refractivity contribution in [2.45, 2.75) is 38.9 Å². The van der Waals surface area contributed by atoms with E-state index in [2.05, 4.69) is 27.6 Å². The highest BCUT2D eigenvalue weighted by Gasteiger charge is 2.28. The third kappa shape index (κ3) is 4.14. The Hall–Kier alpha value is -2.38. The predicted molar refractivity (Wildman–Crippen MR) is 105 cm³/mol. The van der Waals surface area contributed by atoms with Crippen molar-refractivity contribution in [1.29, 1.82) is 0 Å². The molecule has 4 rings (SSSR count). The number of carbonyl (C=O) groups excluding carboxylic acids is 1. The molecule has 27 heavy (non-hydrogen) atoms. The number of furan rings is 1. The molecule has 1 N–H and O–H groups in total. The second kappa shape index (κ2) is 7.70. The van der Waals surface area contributed by atoms with Gasteiger partial charge in [-0.05, 0) is 50.6 Å². The van der Waals surface area contributed by atoms with Gasteiger partial charge in [-0.1, -0.05) is 0 Å². The topological polar surface area (TPSA) is 63.3 Å². The number of rotatable bonds is 6. The highest BCUT2D eigenvalue weighted by Crippen LogP contribution is 2.36. The molecule has 1 atom stereocenters. The van der Waals surface area contributed by atoms with Crippen LogP contribution < -0.4 is 5.32 Å². The molecule has 1 saturated heterocycles. The number of nitrogens with zero attached hydrogens (tertiary/aromatic N) is 3. The summed E-state index contributed by atoms with van der Waals surface area (Å²) in [4.78, 5) is 17.0. The monoisotopic (exact) mass is 384 g/mol. The van der Waals surface area contributed by atoms with E-state index in [1.54, 1.807) is 11.3 Å². The second-order valence-corrected chi connectivity index (χ2v) is 8.16. The van der Waals surface area contributed by atoms with E-state index in [9.17, 15) is 4.79 Å². The highest BCUT2D eigenvalue weighted by molar-refractivity contribution is 7.14. The number of aryl methyl sites for hydroxylation is 2. The Morgan fingerprint density at radius 2 is 2.26 bits per heavy atom. The molecule has 3 aromatic rings. The fourth-order valence-electron chi connectivity index (χ4n) is 3.61. The second-order valence-electron chi connectivity index (χ2n) is 7.05. The number of thiophene rings is 1. The molecule has 1 fully saturated rings. The summed E-state index contributed by atoms with van der Waals surface area (Å²) < 4.78 is 7.35. The molecule has 0 saturated carbocycles. The van der Waals surface area contributed by atoms with E-state index in [-0.39, 0.29) is 5.91 Å². The molecule has 1 aliphatic rings. The quantitative estimate of drug-likeness (QED) is 0.705. The number of likely N-dealkylation sites (tertiary alicyclic amines) is 1. The molecule has 0 spiro atoms. The Morgan fingerprint density at radius 3 is 3.00 bits per heavy atom. The molecular formula is C20H24N4O2S. The van der Waals surface area contributed by atoms with Gasteiger partial charge in [0.05, 0.1) is 17.6 Å². The Bertz CT molecular complexity index is 926. The van der Waals surface area contributed by atoms with Gasteiger partial charge in [-0.15, -0.1) is 11.3 Å². The van der Waals surface area contributed by atoms with Gasteiger partial charge in [-0.3, -0.25) is 14.4 Å². The van der Waals surface area contributed by atoms with Crippen LogP contribution in [0.4, 0.5) is 0 Å². The van der Waals surface area contributed by atoms with Crippen molar-refractivity contribution < 1.29 is 9.21 Å². The minimum Gasteiger partial charge on any atom is -0.465 e. The van der Waals surface area contributed by atoms with Crippen LogP contribution in [0.25, 0.3) is 0 Å². The third-order valence-electron chi connectivity index (χ3n) is 4.91. The SMILES string of the molecule is Cc1ccc(CNC(=O)c2ccc(C3CCCN3Cc3cnn(C)c3)s2)o1. The fraction of sp³-hybridized carbons (Fsp3) is 0.400. The van der Waals surface area contributed by atoms with Gasteiger partial charge in [0.1, 0.15) is 11.5 Å². The summed E-state index contributed by atoms with van der Waals surface area (Å²) in [6, 6.07) is 8.21. The standard InChI is InChI=1S/C20H24N4O2S/c1-14-5-6-16(26-14)11-21-20(25)19-8-7-18(27-19)17-4-3-9-24(17)13-15-10-22-23(2)12-15/h5-8,10,12,17H,3-4,9,11,13H2,1-2H3,(H,21,25). The minimum atomic E-state index is -0.0443. The van der Waals surface area contributed by atoms with E-state index in [0.29, 0.717) is 12.6 Å². The number of aromatic nitrogens is 2. The zero-order chi connectivity index (χ0) is 18.8. The van der Waals surface area contributed by atoms with Crippen LogP contribution >= 0.6 is 11.3 Å². The zero-order valence-corrected chi connectivity index (χ0v) is 16.5. The summed E-state index contributed by atoms with van der Waals surface area (Å²) in [5, 5.41) is 7.20. The number of hydrogen-bond donors (Lipinski definition) is 1. The molecule has 0 aliphatic carbocycles. The van der Waals surface area contributed by atoms with Crippen molar-refractivity contribution in [2.75, 3.05) is 6.54 Å². The normalized spacial score (nSPS) is 17.5. The van der Waals surface area contributed by atoms with E-state index in [1.807, 2.05) is 43.0 Å². The summed E-state index contributed by atoms with van der Waals surface area (Å²) in [5.74, 6) is 1.58. The number of carbonyl (C=O) groups is 1. The molecule has 1 amide bonds. The van der Waals surface area contributed by atoms with Crippen molar-refractivity contribution in [1.82, 2.24) is 20.0 Å². The average Bonchev–Trinajstić information content (AvgIpc) is 3.41. The summed E-state index contributed by atoms with van der Waals surface area (Å²) in [6.07, 6.45) is 6.31. The lowest BCUT2D eigenvalue weighted by Gasteiger charge is -2.22. The van der Waals surface area contributed by atoms with Gasteiger partial charge >= 0.3 is 0 Å². The van der Waals surface area contributed by atoms with E-state index in [1.165, 1.54) is 16.9 Å². The molecule has 0 bridgehead atoms. The van der Waals surface area contributed by atoms with Crippen molar-refractivity contribution >= 4 is 17.2 Å². The maximum Gasteiger partial charge on any atom is 0.261 e. The van der Waals surface area contributed by atoms with Crippen LogP contribution in [-0.4, -0.2) is 27.1 Å². The molecular weight excluding hydrogens is 360 g/mol. The van der Waals surface area contributed by atoms with E-state index >= 15 is 0 Å². The first kappa shape index (κ1) is 18.0. The Balaban J connectivity index is 1.39. The first-order valence-corrected chi connectivity index (χ1v) is 10.0. The van der Waals surface area contributed by atoms with Crippen LogP contribution in [0.5, 0.6) is 0 Å². The Kier molecular flexibility index (Phi) is 5.13. The molecule has 7 heteroatoms. The van der Waals surface area contributed by atoms with Crippen molar-refractivity contribution in [3.8, 4) is 0 Å². The van der Waals surface area contributed by atoms with Crippen LogP contribution in [0, 0.1) is 6.92 Å². The first-order valence-electron chi connectivity index (χ1n) is 9.23. The Labute approximate surface area is 162 Å². The van der Waals surface area contributed by atoms with Crippen molar-refractivity contribution in [3.05, 3.63) is 63.5 Å². The maximum atomic E-state index is 12.5. The predicted octanol–water partition coefficient (Wildman–Crippen LogP) is 3.65. The molecule has 3 aromatic heterocycles. The summed E-state index contributed by atoms with van der Waals surface area (Å²) in [6.45, 7) is 4.29. The van der Waals surface area contributed by atoms with Crippen molar-refractivity contribution in [3.63, 3.8) is 0 Å². The summed E-state index contributed by atoms with van der Waals surface area (Å²) in [5.41, 5.74) is 1.23. The van der Waals surface area contributed by atoms with Crippen LogP contribution in [-0.2, 0) is 20.1 Å². The highest BCUT2D eigenvalue weighted by atomic mass is 32.1. The largest absolute Gasteiger partial charge is 0.465 e.